The molecule has 0 aromatic heterocycles. The highest BCUT2D eigenvalue weighted by Crippen LogP contribution is 2.34. The Hall–Kier alpha value is -1.57. The van der Waals surface area contributed by atoms with Gasteiger partial charge in [0.2, 0.25) is 0 Å². The fraction of sp³-hybridized carbons (Fsp3) is 0.308. The van der Waals surface area contributed by atoms with Crippen LogP contribution in [0.25, 0.3) is 5.57 Å². The molecule has 3 rings (SSSR count). The molecule has 0 radical (unpaired) electrons. The third kappa shape index (κ3) is 1.29. The average molecular weight is 200 g/mol. The summed E-state index contributed by atoms with van der Waals surface area (Å²) in [6.45, 7) is 0.502. The maximum absolute atomic E-state index is 11.6. The number of carbonyl (C=O) groups is 1. The zero-order valence-electron chi connectivity index (χ0n) is 8.45. The lowest BCUT2D eigenvalue weighted by Gasteiger charge is -2.05. The maximum Gasteiger partial charge on any atom is 0.339 e. The van der Waals surface area contributed by atoms with Gasteiger partial charge in [-0.1, -0.05) is 24.3 Å². The number of fused-ring (bicyclic) bond motifs is 2. The van der Waals surface area contributed by atoms with Gasteiger partial charge in [-0.25, -0.2) is 4.79 Å². The number of hydrogen-bond donors (Lipinski definition) is 0. The van der Waals surface area contributed by atoms with Crippen LogP contribution in [0.4, 0.5) is 0 Å². The SMILES string of the molecule is O=C1OCC2=C1c1ccccc1CCC2. The van der Waals surface area contributed by atoms with Crippen molar-refractivity contribution in [3.05, 3.63) is 41.0 Å². The van der Waals surface area contributed by atoms with Crippen LogP contribution >= 0.6 is 0 Å². The Kier molecular flexibility index (Phi) is 1.88. The van der Waals surface area contributed by atoms with Gasteiger partial charge in [0, 0.05) is 0 Å². The predicted molar refractivity (Wildman–Crippen MR) is 57.3 cm³/mol. The summed E-state index contributed by atoms with van der Waals surface area (Å²) in [5, 5.41) is 0. The molecule has 2 heteroatoms. The lowest BCUT2D eigenvalue weighted by molar-refractivity contribution is -0.134. The van der Waals surface area contributed by atoms with Gasteiger partial charge in [-0.3, -0.25) is 0 Å². The average Bonchev–Trinajstić information content (AvgIpc) is 2.52. The molecule has 1 aliphatic carbocycles. The van der Waals surface area contributed by atoms with E-state index in [1.54, 1.807) is 0 Å². The summed E-state index contributed by atoms with van der Waals surface area (Å²) in [6.07, 6.45) is 3.18. The smallest absolute Gasteiger partial charge is 0.339 e. The van der Waals surface area contributed by atoms with Crippen molar-refractivity contribution in [1.82, 2.24) is 0 Å². The largest absolute Gasteiger partial charge is 0.458 e. The first-order valence-electron chi connectivity index (χ1n) is 5.33. The molecule has 1 aromatic carbocycles. The van der Waals surface area contributed by atoms with Gasteiger partial charge >= 0.3 is 5.97 Å². The molecule has 0 saturated carbocycles. The van der Waals surface area contributed by atoms with Crippen LogP contribution < -0.4 is 0 Å². The van der Waals surface area contributed by atoms with Gasteiger partial charge in [-0.15, -0.1) is 0 Å². The predicted octanol–water partition coefficient (Wildman–Crippen LogP) is 2.33. The molecule has 2 aliphatic rings. The highest BCUT2D eigenvalue weighted by Gasteiger charge is 2.28. The van der Waals surface area contributed by atoms with Gasteiger partial charge in [-0.05, 0) is 36.0 Å². The van der Waals surface area contributed by atoms with Crippen molar-refractivity contribution in [2.45, 2.75) is 19.3 Å². The Balaban J connectivity index is 2.22. The second-order valence-electron chi connectivity index (χ2n) is 4.07. The minimum atomic E-state index is -0.139. The lowest BCUT2D eigenvalue weighted by atomic mass is 9.98. The quantitative estimate of drug-likeness (QED) is 0.601. The molecular formula is C13H12O2. The summed E-state index contributed by atoms with van der Waals surface area (Å²) < 4.78 is 5.10. The summed E-state index contributed by atoms with van der Waals surface area (Å²) in [5.74, 6) is -0.139. The number of esters is 1. The van der Waals surface area contributed by atoms with E-state index < -0.39 is 0 Å². The molecule has 0 saturated heterocycles. The van der Waals surface area contributed by atoms with Gasteiger partial charge in [0.15, 0.2) is 0 Å². The molecule has 1 heterocycles. The third-order valence-electron chi connectivity index (χ3n) is 3.15. The first kappa shape index (κ1) is 8.72. The van der Waals surface area contributed by atoms with Crippen LogP contribution in [0.2, 0.25) is 0 Å². The summed E-state index contributed by atoms with van der Waals surface area (Å²) in [5.41, 5.74) is 4.39. The normalized spacial score (nSPS) is 19.3. The highest BCUT2D eigenvalue weighted by atomic mass is 16.5. The van der Waals surface area contributed by atoms with Crippen molar-refractivity contribution in [2.24, 2.45) is 0 Å². The number of cyclic esters (lactones) is 1. The molecule has 0 bridgehead atoms. The van der Waals surface area contributed by atoms with E-state index in [-0.39, 0.29) is 5.97 Å². The van der Waals surface area contributed by atoms with E-state index in [0.717, 1.165) is 30.4 Å². The van der Waals surface area contributed by atoms with Crippen LogP contribution in [0.1, 0.15) is 24.0 Å². The Bertz CT molecular complexity index is 457. The molecule has 0 fully saturated rings. The van der Waals surface area contributed by atoms with Crippen LogP contribution in [-0.4, -0.2) is 12.6 Å². The molecule has 0 amide bonds. The number of carbonyl (C=O) groups excluding carboxylic acids is 1. The van der Waals surface area contributed by atoms with Crippen LogP contribution in [0, 0.1) is 0 Å². The molecular weight excluding hydrogens is 188 g/mol. The first-order valence-corrected chi connectivity index (χ1v) is 5.33. The van der Waals surface area contributed by atoms with E-state index >= 15 is 0 Å². The number of rotatable bonds is 0. The molecule has 0 N–H and O–H groups in total. The molecule has 1 aliphatic heterocycles. The molecule has 0 spiro atoms. The molecule has 0 atom stereocenters. The summed E-state index contributed by atoms with van der Waals surface area (Å²) in [6, 6.07) is 8.16. The number of aryl methyl sites for hydroxylation is 1. The lowest BCUT2D eigenvalue weighted by Crippen LogP contribution is -2.01. The van der Waals surface area contributed by atoms with E-state index in [1.807, 2.05) is 18.2 Å². The zero-order valence-corrected chi connectivity index (χ0v) is 8.45. The Morgan fingerprint density at radius 2 is 2.00 bits per heavy atom. The van der Waals surface area contributed by atoms with Gasteiger partial charge in [0.1, 0.15) is 6.61 Å². The Morgan fingerprint density at radius 1 is 1.13 bits per heavy atom. The standard InChI is InChI=1S/C13H12O2/c14-13-12-10(8-15-13)6-3-5-9-4-1-2-7-11(9)12/h1-2,4,7H,3,5-6,8H2. The van der Waals surface area contributed by atoms with Gasteiger partial charge in [0.05, 0.1) is 5.57 Å². The second-order valence-corrected chi connectivity index (χ2v) is 4.07. The minimum Gasteiger partial charge on any atom is -0.458 e. The van der Waals surface area contributed by atoms with Crippen LogP contribution in [0.15, 0.2) is 29.8 Å². The Labute approximate surface area is 88.6 Å². The second kappa shape index (κ2) is 3.23. The topological polar surface area (TPSA) is 26.3 Å². The number of ether oxygens (including phenoxy) is 1. The van der Waals surface area contributed by atoms with Crippen molar-refractivity contribution in [1.29, 1.82) is 0 Å². The third-order valence-corrected chi connectivity index (χ3v) is 3.15. The first-order chi connectivity index (χ1) is 7.36. The maximum atomic E-state index is 11.6. The fourth-order valence-electron chi connectivity index (χ4n) is 2.41. The van der Waals surface area contributed by atoms with E-state index in [2.05, 4.69) is 6.07 Å². The van der Waals surface area contributed by atoms with Crippen LogP contribution in [-0.2, 0) is 16.0 Å². The highest BCUT2D eigenvalue weighted by molar-refractivity contribution is 6.19. The van der Waals surface area contributed by atoms with E-state index in [0.29, 0.717) is 6.61 Å². The summed E-state index contributed by atoms with van der Waals surface area (Å²) in [7, 11) is 0. The van der Waals surface area contributed by atoms with E-state index in [4.69, 9.17) is 4.74 Å². The monoisotopic (exact) mass is 200 g/mol. The minimum absolute atomic E-state index is 0.139. The number of hydrogen-bond acceptors (Lipinski definition) is 2. The van der Waals surface area contributed by atoms with Crippen LogP contribution in [0.3, 0.4) is 0 Å². The van der Waals surface area contributed by atoms with Gasteiger partial charge in [-0.2, -0.15) is 0 Å². The van der Waals surface area contributed by atoms with E-state index in [9.17, 15) is 4.79 Å². The van der Waals surface area contributed by atoms with Crippen molar-refractivity contribution in [3.63, 3.8) is 0 Å². The van der Waals surface area contributed by atoms with Crippen molar-refractivity contribution < 1.29 is 9.53 Å². The van der Waals surface area contributed by atoms with Crippen molar-refractivity contribution >= 4 is 11.5 Å². The Morgan fingerprint density at radius 3 is 2.93 bits per heavy atom. The molecule has 15 heavy (non-hydrogen) atoms. The van der Waals surface area contributed by atoms with Crippen LogP contribution in [0.5, 0.6) is 0 Å². The molecule has 1 aromatic rings. The van der Waals surface area contributed by atoms with Gasteiger partial charge < -0.3 is 4.74 Å². The molecule has 0 unspecified atom stereocenters. The van der Waals surface area contributed by atoms with Crippen molar-refractivity contribution in [3.8, 4) is 0 Å². The van der Waals surface area contributed by atoms with E-state index in [1.165, 1.54) is 11.1 Å². The molecule has 76 valence electrons. The number of benzene rings is 1. The molecule has 2 nitrogen and oxygen atoms in total. The summed E-state index contributed by atoms with van der Waals surface area (Å²) in [4.78, 5) is 11.6. The summed E-state index contributed by atoms with van der Waals surface area (Å²) >= 11 is 0. The fourth-order valence-corrected chi connectivity index (χ4v) is 2.41. The van der Waals surface area contributed by atoms with Gasteiger partial charge in [0.25, 0.3) is 0 Å². The zero-order chi connectivity index (χ0) is 10.3. The van der Waals surface area contributed by atoms with Crippen molar-refractivity contribution in [2.75, 3.05) is 6.61 Å².